The number of aliphatic hydroxyl groups is 3. The van der Waals surface area contributed by atoms with Gasteiger partial charge in [-0.25, -0.2) is 0 Å². The molecule has 0 saturated heterocycles. The Morgan fingerprint density at radius 3 is 2.68 bits per heavy atom. The summed E-state index contributed by atoms with van der Waals surface area (Å²) >= 11 is 0. The maximum atomic E-state index is 10.5. The molecule has 0 radical (unpaired) electrons. The Kier molecular flexibility index (Phi) is 3.49. The largest absolute Gasteiger partial charge is 0.395 e. The lowest BCUT2D eigenvalue weighted by atomic mass is 9.47. The fourth-order valence-electron chi connectivity index (χ4n) is 6.70. The SMILES string of the molecule is C[C@@]12CC[C@@H]3[C@@H](CC=C4C[C@H](O)CC[C@@]43CO)[C@H]1CC[C@@H]2O. The Morgan fingerprint density at radius 2 is 1.91 bits per heavy atom. The van der Waals surface area contributed by atoms with Gasteiger partial charge in [0.25, 0.3) is 0 Å². The Labute approximate surface area is 133 Å². The van der Waals surface area contributed by atoms with Crippen LogP contribution in [-0.2, 0) is 0 Å². The van der Waals surface area contributed by atoms with E-state index in [0.29, 0.717) is 17.8 Å². The summed E-state index contributed by atoms with van der Waals surface area (Å²) in [5.41, 5.74) is 1.35. The summed E-state index contributed by atoms with van der Waals surface area (Å²) in [4.78, 5) is 0. The first-order valence-electron chi connectivity index (χ1n) is 9.18. The van der Waals surface area contributed by atoms with E-state index in [1.165, 1.54) is 5.57 Å². The minimum Gasteiger partial charge on any atom is -0.395 e. The molecule has 7 atom stereocenters. The molecule has 0 spiro atoms. The molecule has 3 saturated carbocycles. The number of hydrogen-bond acceptors (Lipinski definition) is 3. The minimum absolute atomic E-state index is 0.0724. The zero-order valence-electron chi connectivity index (χ0n) is 13.7. The molecule has 0 unspecified atom stereocenters. The highest BCUT2D eigenvalue weighted by atomic mass is 16.3. The van der Waals surface area contributed by atoms with E-state index in [1.54, 1.807) is 0 Å². The van der Waals surface area contributed by atoms with Crippen LogP contribution in [0.5, 0.6) is 0 Å². The molecule has 0 aromatic rings. The van der Waals surface area contributed by atoms with E-state index >= 15 is 0 Å². The van der Waals surface area contributed by atoms with Gasteiger partial charge in [-0.15, -0.1) is 0 Å². The quantitative estimate of drug-likeness (QED) is 0.653. The van der Waals surface area contributed by atoms with Crippen LogP contribution >= 0.6 is 0 Å². The first kappa shape index (κ1) is 15.2. The van der Waals surface area contributed by atoms with Crippen LogP contribution in [0, 0.1) is 28.6 Å². The molecular weight excluding hydrogens is 276 g/mol. The lowest BCUT2D eigenvalue weighted by Crippen LogP contribution is -2.53. The van der Waals surface area contributed by atoms with E-state index < -0.39 is 0 Å². The third kappa shape index (κ3) is 1.85. The average Bonchev–Trinajstić information content (AvgIpc) is 2.82. The van der Waals surface area contributed by atoms with Gasteiger partial charge in [0.1, 0.15) is 0 Å². The van der Waals surface area contributed by atoms with Crippen molar-refractivity contribution in [2.75, 3.05) is 6.61 Å². The number of fused-ring (bicyclic) bond motifs is 5. The molecule has 3 N–H and O–H groups in total. The van der Waals surface area contributed by atoms with E-state index in [9.17, 15) is 15.3 Å². The molecule has 22 heavy (non-hydrogen) atoms. The number of allylic oxidation sites excluding steroid dienone is 1. The van der Waals surface area contributed by atoms with Crippen molar-refractivity contribution < 1.29 is 15.3 Å². The molecule has 4 rings (SSSR count). The summed E-state index contributed by atoms with van der Waals surface area (Å²) in [5, 5.41) is 30.8. The lowest BCUT2D eigenvalue weighted by Gasteiger charge is -2.58. The van der Waals surface area contributed by atoms with Crippen molar-refractivity contribution in [1.29, 1.82) is 0 Å². The van der Waals surface area contributed by atoms with E-state index in [0.717, 1.165) is 51.4 Å². The van der Waals surface area contributed by atoms with Gasteiger partial charge < -0.3 is 15.3 Å². The van der Waals surface area contributed by atoms with Crippen LogP contribution in [-0.4, -0.2) is 34.1 Å². The molecular formula is C19H30O3. The third-order valence-corrected chi connectivity index (χ3v) is 8.03. The van der Waals surface area contributed by atoms with Crippen molar-refractivity contribution in [2.45, 2.75) is 70.5 Å². The normalized spacial score (nSPS) is 54.2. The molecule has 0 amide bonds. The topological polar surface area (TPSA) is 60.7 Å². The second-order valence-corrected chi connectivity index (χ2v) is 8.69. The monoisotopic (exact) mass is 306 g/mol. The van der Waals surface area contributed by atoms with Gasteiger partial charge in [-0.1, -0.05) is 18.6 Å². The van der Waals surface area contributed by atoms with Crippen LogP contribution in [0.3, 0.4) is 0 Å². The third-order valence-electron chi connectivity index (χ3n) is 8.03. The predicted molar refractivity (Wildman–Crippen MR) is 85.1 cm³/mol. The highest BCUT2D eigenvalue weighted by Crippen LogP contribution is 2.64. The van der Waals surface area contributed by atoms with Gasteiger partial charge in [0.2, 0.25) is 0 Å². The Balaban J connectivity index is 1.70. The zero-order valence-corrected chi connectivity index (χ0v) is 13.7. The summed E-state index contributed by atoms with van der Waals surface area (Å²) in [7, 11) is 0. The van der Waals surface area contributed by atoms with Crippen molar-refractivity contribution in [2.24, 2.45) is 28.6 Å². The molecule has 0 aromatic heterocycles. The fraction of sp³-hybridized carbons (Fsp3) is 0.895. The molecule has 0 heterocycles. The summed E-state index contributed by atoms with van der Waals surface area (Å²) in [6.45, 7) is 2.53. The first-order valence-corrected chi connectivity index (χ1v) is 9.18. The first-order chi connectivity index (χ1) is 10.5. The van der Waals surface area contributed by atoms with Crippen LogP contribution in [0.25, 0.3) is 0 Å². The van der Waals surface area contributed by atoms with Gasteiger partial charge >= 0.3 is 0 Å². The second-order valence-electron chi connectivity index (χ2n) is 8.69. The summed E-state index contributed by atoms with van der Waals surface area (Å²) < 4.78 is 0. The van der Waals surface area contributed by atoms with Crippen molar-refractivity contribution in [1.82, 2.24) is 0 Å². The van der Waals surface area contributed by atoms with Crippen LogP contribution in [0.15, 0.2) is 11.6 Å². The van der Waals surface area contributed by atoms with Gasteiger partial charge in [0.15, 0.2) is 0 Å². The smallest absolute Gasteiger partial charge is 0.0596 e. The molecule has 0 aromatic carbocycles. The van der Waals surface area contributed by atoms with Crippen LogP contribution in [0.2, 0.25) is 0 Å². The molecule has 0 bridgehead atoms. The fourth-order valence-corrected chi connectivity index (χ4v) is 6.70. The van der Waals surface area contributed by atoms with Crippen LogP contribution < -0.4 is 0 Å². The average molecular weight is 306 g/mol. The summed E-state index contributed by atoms with van der Waals surface area (Å²) in [6, 6.07) is 0. The van der Waals surface area contributed by atoms with Gasteiger partial charge in [-0.05, 0) is 74.5 Å². The van der Waals surface area contributed by atoms with Crippen molar-refractivity contribution in [3.63, 3.8) is 0 Å². The zero-order chi connectivity index (χ0) is 15.5. The Hall–Kier alpha value is -0.380. The van der Waals surface area contributed by atoms with Crippen LogP contribution in [0.1, 0.15) is 58.3 Å². The predicted octanol–water partition coefficient (Wildman–Crippen LogP) is 2.64. The minimum atomic E-state index is -0.218. The number of aliphatic hydroxyl groups excluding tert-OH is 3. The van der Waals surface area contributed by atoms with Crippen molar-refractivity contribution in [3.8, 4) is 0 Å². The summed E-state index contributed by atoms with van der Waals surface area (Å²) in [6.07, 6.45) is 9.91. The number of rotatable bonds is 1. The van der Waals surface area contributed by atoms with E-state index in [2.05, 4.69) is 13.0 Å². The van der Waals surface area contributed by atoms with E-state index in [4.69, 9.17) is 0 Å². The van der Waals surface area contributed by atoms with E-state index in [1.807, 2.05) is 0 Å². The summed E-state index contributed by atoms with van der Waals surface area (Å²) in [5.74, 6) is 1.77. The second kappa shape index (κ2) is 5.06. The maximum absolute atomic E-state index is 10.5. The van der Waals surface area contributed by atoms with Gasteiger partial charge in [0, 0.05) is 5.41 Å². The molecule has 0 aliphatic heterocycles. The van der Waals surface area contributed by atoms with E-state index in [-0.39, 0.29) is 29.6 Å². The highest BCUT2D eigenvalue weighted by molar-refractivity contribution is 5.26. The highest BCUT2D eigenvalue weighted by Gasteiger charge is 2.59. The van der Waals surface area contributed by atoms with Crippen molar-refractivity contribution >= 4 is 0 Å². The molecule has 3 fully saturated rings. The van der Waals surface area contributed by atoms with Crippen LogP contribution in [0.4, 0.5) is 0 Å². The maximum Gasteiger partial charge on any atom is 0.0596 e. The molecule has 3 heteroatoms. The lowest BCUT2D eigenvalue weighted by molar-refractivity contribution is -0.0889. The molecule has 4 aliphatic rings. The Bertz CT molecular complexity index is 487. The standard InChI is InChI=1S/C19H30O3/c1-18-8-7-16-14(15(18)4-5-17(18)22)3-2-12-10-13(21)6-9-19(12,16)11-20/h2,13-17,20-22H,3-11H2,1H3/t13-,14+,15-,16-,17+,18-,19-/m1/s1. The van der Waals surface area contributed by atoms with Crippen molar-refractivity contribution in [3.05, 3.63) is 11.6 Å². The molecule has 4 aliphatic carbocycles. The molecule has 124 valence electrons. The van der Waals surface area contributed by atoms with Gasteiger partial charge in [0.05, 0.1) is 18.8 Å². The van der Waals surface area contributed by atoms with Gasteiger partial charge in [-0.2, -0.15) is 0 Å². The number of hydrogen-bond donors (Lipinski definition) is 3. The van der Waals surface area contributed by atoms with Gasteiger partial charge in [-0.3, -0.25) is 0 Å². The Morgan fingerprint density at radius 1 is 1.09 bits per heavy atom. The molecule has 3 nitrogen and oxygen atoms in total.